The molecule has 0 aromatic carbocycles. The quantitative estimate of drug-likeness (QED) is 0.524. The fourth-order valence-electron chi connectivity index (χ4n) is 10.4. The first-order valence-electron chi connectivity index (χ1n) is 14.7. The van der Waals surface area contributed by atoms with Crippen LogP contribution < -0.4 is 5.32 Å². The highest BCUT2D eigenvalue weighted by Crippen LogP contribution is 2.70. The van der Waals surface area contributed by atoms with Gasteiger partial charge in [0.2, 0.25) is 5.91 Å². The number of carbonyl (C=O) groups is 3. The van der Waals surface area contributed by atoms with E-state index < -0.39 is 16.2 Å². The molecule has 1 N–H and O–H groups in total. The van der Waals surface area contributed by atoms with Gasteiger partial charge in [-0.2, -0.15) is 5.26 Å². The Kier molecular flexibility index (Phi) is 5.36. The van der Waals surface area contributed by atoms with Crippen molar-refractivity contribution in [1.29, 1.82) is 5.26 Å². The van der Waals surface area contributed by atoms with Gasteiger partial charge in [0.15, 0.2) is 11.6 Å². The maximum atomic E-state index is 14.3. The second-order valence-electron chi connectivity index (χ2n) is 14.4. The van der Waals surface area contributed by atoms with E-state index in [0.717, 1.165) is 63.4 Å². The van der Waals surface area contributed by atoms with E-state index in [1.54, 1.807) is 0 Å². The molecule has 0 radical (unpaired) electrons. The third kappa shape index (κ3) is 3.23. The number of fused-ring (bicyclic) bond motifs is 7. The van der Waals surface area contributed by atoms with E-state index in [4.69, 9.17) is 0 Å². The summed E-state index contributed by atoms with van der Waals surface area (Å²) in [6.45, 7) is 10.8. The Balaban J connectivity index is 1.46. The Labute approximate surface area is 221 Å². The van der Waals surface area contributed by atoms with Crippen molar-refractivity contribution < 1.29 is 14.4 Å². The molecule has 8 unspecified atom stereocenters. The highest BCUT2D eigenvalue weighted by molar-refractivity contribution is 6.04. The van der Waals surface area contributed by atoms with Gasteiger partial charge in [0.1, 0.15) is 6.07 Å². The van der Waals surface area contributed by atoms with Crippen molar-refractivity contribution in [3.05, 3.63) is 23.3 Å². The molecule has 0 spiro atoms. The number of nitriles is 1. The molecule has 0 aromatic rings. The molecule has 5 heteroatoms. The van der Waals surface area contributed by atoms with E-state index in [-0.39, 0.29) is 52.1 Å². The highest BCUT2D eigenvalue weighted by atomic mass is 16.2. The third-order valence-electron chi connectivity index (χ3n) is 12.2. The molecule has 6 aliphatic carbocycles. The maximum absolute atomic E-state index is 14.3. The molecule has 1 amide bonds. The van der Waals surface area contributed by atoms with Crippen LogP contribution in [0.5, 0.6) is 0 Å². The summed E-state index contributed by atoms with van der Waals surface area (Å²) < 4.78 is 0. The lowest BCUT2D eigenvalue weighted by molar-refractivity contribution is -0.161. The van der Waals surface area contributed by atoms with Crippen LogP contribution in [0.3, 0.4) is 0 Å². The van der Waals surface area contributed by atoms with E-state index in [2.05, 4.69) is 32.2 Å². The van der Waals surface area contributed by atoms with Crippen molar-refractivity contribution in [2.45, 2.75) is 98.4 Å². The van der Waals surface area contributed by atoms with Gasteiger partial charge in [0.25, 0.3) is 0 Å². The standard InChI is InChI=1S/C32H42N2O3/c1-18-7-6-12-32(28(37)34-20-8-9-20)14-10-21-25(26(18)32)22(35)15-24-30(21,4)13-11-23-29(2,3)27(36)19(17-33)16-31(23,24)5/h15-16,18,20-21,23,25-26H,6-14H2,1-5H3,(H,34,37). The summed E-state index contributed by atoms with van der Waals surface area (Å²) in [5.41, 5.74) is -0.359. The third-order valence-corrected chi connectivity index (χ3v) is 12.2. The second kappa shape index (κ2) is 7.90. The number of nitrogens with one attached hydrogen (secondary N) is 1. The Hall–Kier alpha value is -2.22. The molecule has 8 atom stereocenters. The predicted octanol–water partition coefficient (Wildman–Crippen LogP) is 5.70. The topological polar surface area (TPSA) is 87.0 Å². The summed E-state index contributed by atoms with van der Waals surface area (Å²) in [5, 5.41) is 13.2. The molecule has 6 aliphatic rings. The van der Waals surface area contributed by atoms with Crippen LogP contribution >= 0.6 is 0 Å². The minimum absolute atomic E-state index is 0.0638. The number of allylic oxidation sites excluding steroid dienone is 4. The van der Waals surface area contributed by atoms with Gasteiger partial charge in [0, 0.05) is 22.8 Å². The van der Waals surface area contributed by atoms with Gasteiger partial charge < -0.3 is 5.32 Å². The average molecular weight is 503 g/mol. The smallest absolute Gasteiger partial charge is 0.226 e. The van der Waals surface area contributed by atoms with Gasteiger partial charge in [-0.05, 0) is 80.1 Å². The fourth-order valence-corrected chi connectivity index (χ4v) is 10.4. The van der Waals surface area contributed by atoms with Crippen molar-refractivity contribution in [2.24, 2.45) is 51.2 Å². The first-order valence-corrected chi connectivity index (χ1v) is 14.7. The van der Waals surface area contributed by atoms with Crippen LogP contribution in [-0.4, -0.2) is 23.5 Å². The summed E-state index contributed by atoms with van der Waals surface area (Å²) in [4.78, 5) is 41.2. The Morgan fingerprint density at radius 3 is 2.43 bits per heavy atom. The molecule has 0 heterocycles. The molecule has 0 saturated heterocycles. The molecule has 4 fully saturated rings. The first-order chi connectivity index (χ1) is 17.4. The number of hydrogen-bond donors (Lipinski definition) is 1. The monoisotopic (exact) mass is 502 g/mol. The lowest BCUT2D eigenvalue weighted by Gasteiger charge is -2.64. The number of rotatable bonds is 2. The van der Waals surface area contributed by atoms with Crippen LogP contribution in [0.15, 0.2) is 23.3 Å². The zero-order valence-electron chi connectivity index (χ0n) is 23.2. The average Bonchev–Trinajstić information content (AvgIpc) is 3.66. The van der Waals surface area contributed by atoms with Crippen molar-refractivity contribution in [3.8, 4) is 6.07 Å². The minimum atomic E-state index is -0.642. The summed E-state index contributed by atoms with van der Waals surface area (Å²) in [6.07, 6.45) is 12.6. The van der Waals surface area contributed by atoms with Crippen LogP contribution in [0.1, 0.15) is 92.4 Å². The van der Waals surface area contributed by atoms with Crippen LogP contribution in [0.2, 0.25) is 0 Å². The van der Waals surface area contributed by atoms with Gasteiger partial charge in [0.05, 0.1) is 11.0 Å². The molecule has 0 bridgehead atoms. The van der Waals surface area contributed by atoms with E-state index in [0.29, 0.717) is 12.0 Å². The van der Waals surface area contributed by atoms with Gasteiger partial charge in [-0.15, -0.1) is 0 Å². The number of carbonyl (C=O) groups excluding carboxylic acids is 3. The first kappa shape index (κ1) is 25.1. The van der Waals surface area contributed by atoms with Gasteiger partial charge >= 0.3 is 0 Å². The van der Waals surface area contributed by atoms with Crippen LogP contribution in [-0.2, 0) is 14.4 Å². The number of Topliss-reactive ketones (excluding diaryl/α,β-unsaturated/α-hetero) is 1. The normalized spacial score (nSPS) is 46.2. The minimum Gasteiger partial charge on any atom is -0.353 e. The summed E-state index contributed by atoms with van der Waals surface area (Å²) in [7, 11) is 0. The van der Waals surface area contributed by atoms with E-state index >= 15 is 0 Å². The number of hydrogen-bond acceptors (Lipinski definition) is 4. The van der Waals surface area contributed by atoms with E-state index in [1.165, 1.54) is 0 Å². The van der Waals surface area contributed by atoms with Crippen molar-refractivity contribution in [2.75, 3.05) is 0 Å². The summed E-state index contributed by atoms with van der Waals surface area (Å²) in [6, 6.07) is 2.51. The van der Waals surface area contributed by atoms with Crippen LogP contribution in [0.4, 0.5) is 0 Å². The largest absolute Gasteiger partial charge is 0.353 e. The van der Waals surface area contributed by atoms with Crippen LogP contribution in [0, 0.1) is 62.6 Å². The Morgan fingerprint density at radius 1 is 1.03 bits per heavy atom. The SMILES string of the molecule is CC1CCCC2(C(=O)NC3CC3)CCC3C(C(=O)C=C4C5(C)C=C(C#N)C(=O)C(C)(C)C5CCC43C)C12. The fraction of sp³-hybridized carbons (Fsp3) is 0.750. The molecule has 5 nitrogen and oxygen atoms in total. The van der Waals surface area contributed by atoms with Gasteiger partial charge in [-0.3, -0.25) is 14.4 Å². The predicted molar refractivity (Wildman–Crippen MR) is 141 cm³/mol. The van der Waals surface area contributed by atoms with Crippen molar-refractivity contribution in [3.63, 3.8) is 0 Å². The van der Waals surface area contributed by atoms with Gasteiger partial charge in [-0.1, -0.05) is 59.1 Å². The van der Waals surface area contributed by atoms with Gasteiger partial charge in [-0.25, -0.2) is 0 Å². The molecule has 0 aromatic heterocycles. The zero-order valence-corrected chi connectivity index (χ0v) is 23.2. The summed E-state index contributed by atoms with van der Waals surface area (Å²) >= 11 is 0. The molecule has 0 aliphatic heterocycles. The van der Waals surface area contributed by atoms with Crippen molar-refractivity contribution in [1.82, 2.24) is 5.32 Å². The van der Waals surface area contributed by atoms with Crippen LogP contribution in [0.25, 0.3) is 0 Å². The molecular formula is C32H42N2O3. The molecule has 37 heavy (non-hydrogen) atoms. The molecule has 6 rings (SSSR count). The van der Waals surface area contributed by atoms with E-state index in [9.17, 15) is 19.6 Å². The second-order valence-corrected chi connectivity index (χ2v) is 14.4. The Morgan fingerprint density at radius 2 is 1.76 bits per heavy atom. The number of nitrogens with zero attached hydrogens (tertiary/aromatic N) is 1. The van der Waals surface area contributed by atoms with Crippen molar-refractivity contribution >= 4 is 17.5 Å². The number of ketones is 2. The molecular weight excluding hydrogens is 460 g/mol. The molecule has 198 valence electrons. The van der Waals surface area contributed by atoms with E-state index in [1.807, 2.05) is 26.0 Å². The maximum Gasteiger partial charge on any atom is 0.226 e. The highest BCUT2D eigenvalue weighted by Gasteiger charge is 2.67. The number of amides is 1. The summed E-state index contributed by atoms with van der Waals surface area (Å²) in [5.74, 6) is 0.893. The lowest BCUT2D eigenvalue weighted by atomic mass is 9.38. The lowest BCUT2D eigenvalue weighted by Crippen LogP contribution is -2.63. The molecule has 4 saturated carbocycles. The Bertz CT molecular complexity index is 1180. The zero-order chi connectivity index (χ0) is 26.5.